The second kappa shape index (κ2) is 12.3. The van der Waals surface area contributed by atoms with Gasteiger partial charge in [0.15, 0.2) is 0 Å². The third-order valence-corrected chi connectivity index (χ3v) is 7.31. The largest absolute Gasteiger partial charge is 0.458 e. The first-order valence-corrected chi connectivity index (χ1v) is 13.7. The summed E-state index contributed by atoms with van der Waals surface area (Å²) in [5.74, 6) is 0.581. The van der Waals surface area contributed by atoms with Crippen LogP contribution >= 0.6 is 11.8 Å². The van der Waals surface area contributed by atoms with Gasteiger partial charge in [-0.25, -0.2) is 4.79 Å². The van der Waals surface area contributed by atoms with Gasteiger partial charge in [0.1, 0.15) is 12.1 Å². The molecule has 3 aromatic carbocycles. The number of esters is 1. The van der Waals surface area contributed by atoms with Gasteiger partial charge in [-0.15, -0.1) is 11.8 Å². The lowest BCUT2D eigenvalue weighted by molar-refractivity contribution is -0.138. The van der Waals surface area contributed by atoms with Gasteiger partial charge in [-0.05, 0) is 54.4 Å². The zero-order chi connectivity index (χ0) is 26.3. The predicted octanol–water partition coefficient (Wildman–Crippen LogP) is 6.48. The molecule has 5 nitrogen and oxygen atoms in total. The van der Waals surface area contributed by atoms with E-state index in [1.165, 1.54) is 17.3 Å². The van der Waals surface area contributed by atoms with Crippen molar-refractivity contribution in [2.75, 3.05) is 37.4 Å². The summed E-state index contributed by atoms with van der Waals surface area (Å²) in [4.78, 5) is 17.0. The van der Waals surface area contributed by atoms with Crippen LogP contribution < -0.4 is 10.2 Å². The molecule has 1 aliphatic rings. The van der Waals surface area contributed by atoms with E-state index in [9.17, 15) is 4.79 Å². The number of hydrogen-bond donors (Lipinski definition) is 1. The molecule has 37 heavy (non-hydrogen) atoms. The summed E-state index contributed by atoms with van der Waals surface area (Å²) in [5.41, 5.74) is 5.78. The van der Waals surface area contributed by atoms with Gasteiger partial charge < -0.3 is 19.9 Å². The summed E-state index contributed by atoms with van der Waals surface area (Å²) < 4.78 is 5.38. The highest BCUT2D eigenvalue weighted by atomic mass is 32.2. The second-order valence-electron chi connectivity index (χ2n) is 10.5. The molecule has 6 heteroatoms. The van der Waals surface area contributed by atoms with Crippen LogP contribution in [0.5, 0.6) is 0 Å². The highest BCUT2D eigenvalue weighted by Gasteiger charge is 2.33. The number of ether oxygens (including phenoxy) is 1. The molecule has 0 spiro atoms. The van der Waals surface area contributed by atoms with Crippen LogP contribution in [0.4, 0.5) is 11.4 Å². The lowest BCUT2D eigenvalue weighted by Gasteiger charge is -2.36. The van der Waals surface area contributed by atoms with Crippen LogP contribution in [0.1, 0.15) is 30.5 Å². The van der Waals surface area contributed by atoms with Crippen LogP contribution in [0, 0.1) is 5.41 Å². The summed E-state index contributed by atoms with van der Waals surface area (Å²) in [5, 5.41) is 3.73. The zero-order valence-corrected chi connectivity index (χ0v) is 23.0. The normalized spacial score (nSPS) is 15.2. The third kappa shape index (κ3) is 7.88. The van der Waals surface area contributed by atoms with Gasteiger partial charge in [-0.3, -0.25) is 0 Å². The van der Waals surface area contributed by atoms with E-state index < -0.39 is 0 Å². The average Bonchev–Trinajstić information content (AvgIpc) is 3.21. The molecule has 0 bridgehead atoms. The SMILES string of the molecule is CN(C)CC(C)(C)CN1c2ccc(C=CC(=O)OCc3ccccc3)cc2NC1SCc1ccccc1. The first-order chi connectivity index (χ1) is 17.8. The van der Waals surface area contributed by atoms with Crippen molar-refractivity contribution in [2.24, 2.45) is 5.41 Å². The molecule has 0 aromatic heterocycles. The minimum Gasteiger partial charge on any atom is -0.458 e. The van der Waals surface area contributed by atoms with Crippen LogP contribution in [-0.4, -0.2) is 43.6 Å². The number of carbonyl (C=O) groups is 1. The molecule has 1 N–H and O–H groups in total. The van der Waals surface area contributed by atoms with Crippen LogP contribution in [-0.2, 0) is 21.9 Å². The number of nitrogens with zero attached hydrogens (tertiary/aromatic N) is 2. The van der Waals surface area contributed by atoms with Crippen molar-refractivity contribution in [1.82, 2.24) is 4.90 Å². The maximum atomic E-state index is 12.3. The number of nitrogens with one attached hydrogen (secondary N) is 1. The Morgan fingerprint density at radius 2 is 1.70 bits per heavy atom. The number of hydrogen-bond acceptors (Lipinski definition) is 6. The van der Waals surface area contributed by atoms with Crippen LogP contribution in [0.15, 0.2) is 84.9 Å². The highest BCUT2D eigenvalue weighted by molar-refractivity contribution is 7.99. The molecule has 1 unspecified atom stereocenters. The van der Waals surface area contributed by atoms with Gasteiger partial charge in [0.25, 0.3) is 0 Å². The van der Waals surface area contributed by atoms with Crippen LogP contribution in [0.3, 0.4) is 0 Å². The molecule has 0 amide bonds. The molecule has 3 aromatic rings. The fraction of sp³-hybridized carbons (Fsp3) is 0.323. The van der Waals surface area contributed by atoms with E-state index in [0.717, 1.165) is 35.7 Å². The standard InChI is InChI=1S/C31H37N3O2S/c1-31(2,22-33(3)4)23-34-28-17-15-24(16-18-29(35)36-20-25-11-7-5-8-12-25)19-27(28)32-30(34)37-21-26-13-9-6-10-14-26/h5-19,30,32H,20-23H2,1-4H3. The van der Waals surface area contributed by atoms with Gasteiger partial charge >= 0.3 is 5.97 Å². The smallest absolute Gasteiger partial charge is 0.331 e. The second-order valence-corrected chi connectivity index (χ2v) is 11.6. The minimum atomic E-state index is -0.347. The molecule has 1 aliphatic heterocycles. The van der Waals surface area contributed by atoms with Crippen molar-refractivity contribution < 1.29 is 9.53 Å². The van der Waals surface area contributed by atoms with Gasteiger partial charge in [0, 0.05) is 24.9 Å². The predicted molar refractivity (Wildman–Crippen MR) is 157 cm³/mol. The Kier molecular flexibility index (Phi) is 8.95. The van der Waals surface area contributed by atoms with E-state index in [1.807, 2.05) is 48.2 Å². The van der Waals surface area contributed by atoms with E-state index >= 15 is 0 Å². The molecule has 0 fully saturated rings. The molecule has 1 heterocycles. The molecule has 194 valence electrons. The first-order valence-electron chi connectivity index (χ1n) is 12.7. The Balaban J connectivity index is 1.46. The van der Waals surface area contributed by atoms with Gasteiger partial charge in [-0.1, -0.05) is 80.6 Å². The monoisotopic (exact) mass is 515 g/mol. The number of fused-ring (bicyclic) bond motifs is 1. The number of carbonyl (C=O) groups excluding carboxylic acids is 1. The number of anilines is 2. The Labute approximate surface area is 225 Å². The maximum Gasteiger partial charge on any atom is 0.331 e. The fourth-order valence-electron chi connectivity index (χ4n) is 4.72. The average molecular weight is 516 g/mol. The summed E-state index contributed by atoms with van der Waals surface area (Å²) >= 11 is 1.90. The molecule has 0 saturated heterocycles. The van der Waals surface area contributed by atoms with E-state index in [-0.39, 0.29) is 23.5 Å². The van der Waals surface area contributed by atoms with E-state index in [1.54, 1.807) is 0 Å². The molecule has 0 aliphatic carbocycles. The Bertz CT molecular complexity index is 1200. The number of thioether (sulfide) groups is 1. The van der Waals surface area contributed by atoms with Crippen molar-refractivity contribution in [3.8, 4) is 0 Å². The van der Waals surface area contributed by atoms with Crippen LogP contribution in [0.2, 0.25) is 0 Å². The highest BCUT2D eigenvalue weighted by Crippen LogP contribution is 2.41. The molecule has 4 rings (SSSR count). The minimum absolute atomic E-state index is 0.111. The molecular weight excluding hydrogens is 478 g/mol. The lowest BCUT2D eigenvalue weighted by atomic mass is 9.92. The lowest BCUT2D eigenvalue weighted by Crippen LogP contribution is -2.43. The van der Waals surface area contributed by atoms with E-state index in [0.29, 0.717) is 0 Å². The van der Waals surface area contributed by atoms with E-state index in [2.05, 4.69) is 91.6 Å². The fourth-order valence-corrected chi connectivity index (χ4v) is 5.84. The number of rotatable bonds is 11. The van der Waals surface area contributed by atoms with E-state index in [4.69, 9.17) is 4.74 Å². The van der Waals surface area contributed by atoms with Gasteiger partial charge in [0.05, 0.1) is 11.4 Å². The summed E-state index contributed by atoms with van der Waals surface area (Å²) in [6.45, 7) is 6.84. The van der Waals surface area contributed by atoms with Crippen molar-refractivity contribution in [3.63, 3.8) is 0 Å². The van der Waals surface area contributed by atoms with Crippen molar-refractivity contribution in [2.45, 2.75) is 31.7 Å². The third-order valence-electron chi connectivity index (χ3n) is 6.12. The van der Waals surface area contributed by atoms with Crippen LogP contribution in [0.25, 0.3) is 6.08 Å². The molecule has 0 radical (unpaired) electrons. The van der Waals surface area contributed by atoms with Gasteiger partial charge in [-0.2, -0.15) is 0 Å². The summed E-state index contributed by atoms with van der Waals surface area (Å²) in [6.07, 6.45) is 3.32. The maximum absolute atomic E-state index is 12.3. The molecular formula is C31H37N3O2S. The van der Waals surface area contributed by atoms with Crippen molar-refractivity contribution in [3.05, 3.63) is 102 Å². The van der Waals surface area contributed by atoms with Crippen molar-refractivity contribution >= 4 is 35.2 Å². The Hall–Kier alpha value is -3.22. The topological polar surface area (TPSA) is 44.8 Å². The molecule has 1 atom stereocenters. The quantitative estimate of drug-likeness (QED) is 0.233. The zero-order valence-electron chi connectivity index (χ0n) is 22.2. The van der Waals surface area contributed by atoms with Crippen molar-refractivity contribution in [1.29, 1.82) is 0 Å². The first kappa shape index (κ1) is 26.8. The Morgan fingerprint density at radius 3 is 2.38 bits per heavy atom. The van der Waals surface area contributed by atoms with Gasteiger partial charge in [0.2, 0.25) is 0 Å². The Morgan fingerprint density at radius 1 is 1.03 bits per heavy atom. The molecule has 0 saturated carbocycles. The summed E-state index contributed by atoms with van der Waals surface area (Å²) in [7, 11) is 4.26. The summed E-state index contributed by atoms with van der Waals surface area (Å²) in [6, 6.07) is 26.6. The number of benzene rings is 3.